The van der Waals surface area contributed by atoms with Crippen molar-refractivity contribution in [3.05, 3.63) is 87.7 Å². The van der Waals surface area contributed by atoms with Gasteiger partial charge in [-0.05, 0) is 61.9 Å². The minimum atomic E-state index is -1.41. The molecule has 0 radical (unpaired) electrons. The van der Waals surface area contributed by atoms with Crippen LogP contribution in [0.3, 0.4) is 0 Å². The largest absolute Gasteiger partial charge is 0.503 e. The van der Waals surface area contributed by atoms with Crippen molar-refractivity contribution < 1.29 is 27.9 Å². The zero-order chi connectivity index (χ0) is 29.9. The summed E-state index contributed by atoms with van der Waals surface area (Å²) in [5.41, 5.74) is -0.925. The van der Waals surface area contributed by atoms with Crippen molar-refractivity contribution >= 4 is 46.4 Å². The second-order valence-electron chi connectivity index (χ2n) is 11.5. The molecular formula is C31H28Cl2F3N3O3. The molecule has 6 rings (SSSR count). The van der Waals surface area contributed by atoms with Crippen molar-refractivity contribution in [3.8, 4) is 5.75 Å². The lowest BCUT2D eigenvalue weighted by Gasteiger charge is -2.40. The summed E-state index contributed by atoms with van der Waals surface area (Å²) in [6.45, 7) is 2.35. The van der Waals surface area contributed by atoms with Gasteiger partial charge in [-0.3, -0.25) is 14.5 Å². The highest BCUT2D eigenvalue weighted by Crippen LogP contribution is 2.55. The molecular weight excluding hydrogens is 590 g/mol. The van der Waals surface area contributed by atoms with Crippen LogP contribution in [0.5, 0.6) is 5.75 Å². The molecule has 0 unspecified atom stereocenters. The van der Waals surface area contributed by atoms with Crippen molar-refractivity contribution in [1.82, 2.24) is 4.90 Å². The number of nitrogens with one attached hydrogen (secondary N) is 1. The molecule has 4 atom stereocenters. The quantitative estimate of drug-likeness (QED) is 0.321. The summed E-state index contributed by atoms with van der Waals surface area (Å²) in [6.07, 6.45) is 2.32. The van der Waals surface area contributed by atoms with E-state index in [0.717, 1.165) is 25.0 Å². The number of benzene rings is 3. The molecule has 1 aliphatic carbocycles. The molecule has 0 spiro atoms. The van der Waals surface area contributed by atoms with Crippen LogP contribution in [0.2, 0.25) is 10.0 Å². The van der Waals surface area contributed by atoms with Gasteiger partial charge in [0.15, 0.2) is 17.4 Å². The fourth-order valence-electron chi connectivity index (χ4n) is 6.70. The Morgan fingerprint density at radius 1 is 1.05 bits per heavy atom. The summed E-state index contributed by atoms with van der Waals surface area (Å²) in [5.74, 6) is -6.84. The number of likely N-dealkylation sites (tertiary alicyclic amines) is 1. The molecule has 6 nitrogen and oxygen atoms in total. The van der Waals surface area contributed by atoms with E-state index in [9.17, 15) is 23.5 Å². The van der Waals surface area contributed by atoms with Crippen LogP contribution in [0.4, 0.5) is 24.5 Å². The number of aromatic hydroxyl groups is 1. The summed E-state index contributed by atoms with van der Waals surface area (Å²) >= 11 is 12.4. The number of rotatable bonds is 6. The molecule has 3 aromatic carbocycles. The summed E-state index contributed by atoms with van der Waals surface area (Å²) in [6, 6.07) is 12.5. The van der Waals surface area contributed by atoms with Gasteiger partial charge in [0.2, 0.25) is 11.8 Å². The third-order valence-corrected chi connectivity index (χ3v) is 9.43. The summed E-state index contributed by atoms with van der Waals surface area (Å²) in [4.78, 5) is 32.0. The Balaban J connectivity index is 1.49. The minimum Gasteiger partial charge on any atom is -0.503 e. The lowest BCUT2D eigenvalue weighted by Crippen LogP contribution is -2.56. The highest BCUT2D eigenvalue weighted by atomic mass is 35.5. The summed E-state index contributed by atoms with van der Waals surface area (Å²) in [7, 11) is 0. The van der Waals surface area contributed by atoms with E-state index in [-0.39, 0.29) is 22.8 Å². The average Bonchev–Trinajstić information content (AvgIpc) is 3.73. The van der Waals surface area contributed by atoms with Gasteiger partial charge in [-0.25, -0.2) is 13.2 Å². The lowest BCUT2D eigenvalue weighted by atomic mass is 9.72. The van der Waals surface area contributed by atoms with Crippen molar-refractivity contribution in [3.63, 3.8) is 0 Å². The molecule has 2 heterocycles. The van der Waals surface area contributed by atoms with Crippen molar-refractivity contribution in [2.75, 3.05) is 23.3 Å². The highest BCUT2D eigenvalue weighted by molar-refractivity contribution is 6.31. The molecule has 3 fully saturated rings. The van der Waals surface area contributed by atoms with E-state index < -0.39 is 58.4 Å². The Morgan fingerprint density at radius 3 is 2.40 bits per heavy atom. The van der Waals surface area contributed by atoms with Gasteiger partial charge in [-0.1, -0.05) is 41.4 Å². The first kappa shape index (κ1) is 28.8. The van der Waals surface area contributed by atoms with Crippen LogP contribution in [0.1, 0.15) is 37.7 Å². The van der Waals surface area contributed by atoms with Crippen LogP contribution in [-0.2, 0) is 9.59 Å². The first-order chi connectivity index (χ1) is 20.0. The first-order valence-corrected chi connectivity index (χ1v) is 14.5. The average molecular weight is 618 g/mol. The Kier molecular flexibility index (Phi) is 7.40. The maximum Gasteiger partial charge on any atom is 0.245 e. The van der Waals surface area contributed by atoms with Gasteiger partial charge < -0.3 is 15.3 Å². The number of fused-ring (bicyclic) bond motifs is 1. The van der Waals surface area contributed by atoms with Crippen molar-refractivity contribution in [2.24, 2.45) is 11.8 Å². The van der Waals surface area contributed by atoms with Gasteiger partial charge in [-0.2, -0.15) is 0 Å². The lowest BCUT2D eigenvalue weighted by molar-refractivity contribution is -0.127. The Labute approximate surface area is 251 Å². The monoisotopic (exact) mass is 617 g/mol. The van der Waals surface area contributed by atoms with E-state index in [1.54, 1.807) is 37.3 Å². The van der Waals surface area contributed by atoms with Crippen LogP contribution in [0.15, 0.2) is 54.6 Å². The smallest absolute Gasteiger partial charge is 0.245 e. The van der Waals surface area contributed by atoms with Gasteiger partial charge in [0, 0.05) is 53.6 Å². The molecule has 1 saturated carbocycles. The van der Waals surface area contributed by atoms with Crippen LogP contribution < -0.4 is 10.2 Å². The number of piperidine rings is 1. The van der Waals surface area contributed by atoms with E-state index >= 15 is 4.39 Å². The molecule has 0 bridgehead atoms. The topological polar surface area (TPSA) is 72.9 Å². The number of halogens is 5. The summed E-state index contributed by atoms with van der Waals surface area (Å²) in [5, 5.41) is 12.8. The number of anilines is 2. The molecule has 2 amide bonds. The molecule has 2 N–H and O–H groups in total. The number of carbonyl (C=O) groups is 2. The highest BCUT2D eigenvalue weighted by Gasteiger charge is 2.65. The molecule has 3 aromatic rings. The molecule has 0 aromatic heterocycles. The van der Waals surface area contributed by atoms with Crippen LogP contribution in [-0.4, -0.2) is 46.5 Å². The van der Waals surface area contributed by atoms with Crippen molar-refractivity contribution in [2.45, 2.75) is 43.7 Å². The minimum absolute atomic E-state index is 0.0673. The fourth-order valence-corrected chi connectivity index (χ4v) is 7.08. The molecule has 42 heavy (non-hydrogen) atoms. The molecule has 220 valence electrons. The zero-order valence-corrected chi connectivity index (χ0v) is 24.1. The van der Waals surface area contributed by atoms with Crippen LogP contribution in [0.25, 0.3) is 0 Å². The van der Waals surface area contributed by atoms with Gasteiger partial charge in [-0.15, -0.1) is 0 Å². The van der Waals surface area contributed by atoms with Crippen molar-refractivity contribution in [1.29, 1.82) is 0 Å². The van der Waals surface area contributed by atoms with E-state index in [1.807, 2.05) is 4.90 Å². The Morgan fingerprint density at radius 2 is 1.74 bits per heavy atom. The number of hydrogen-bond acceptors (Lipinski definition) is 4. The maximum atomic E-state index is 15.8. The number of nitrogens with zero attached hydrogens (tertiary/aromatic N) is 2. The zero-order valence-electron chi connectivity index (χ0n) is 22.6. The Bertz CT molecular complexity index is 1560. The van der Waals surface area contributed by atoms with E-state index in [0.29, 0.717) is 29.6 Å². The van der Waals surface area contributed by atoms with E-state index in [4.69, 9.17) is 23.2 Å². The fraction of sp³-hybridized carbons (Fsp3) is 0.355. The number of amides is 2. The molecule has 3 aliphatic rings. The summed E-state index contributed by atoms with van der Waals surface area (Å²) < 4.78 is 44.5. The molecule has 2 saturated heterocycles. The van der Waals surface area contributed by atoms with E-state index in [2.05, 4.69) is 5.32 Å². The van der Waals surface area contributed by atoms with Crippen LogP contribution in [0, 0.1) is 29.3 Å². The number of carbonyl (C=O) groups excluding carboxylic acids is 2. The first-order valence-electron chi connectivity index (χ1n) is 13.8. The van der Waals surface area contributed by atoms with Gasteiger partial charge in [0.1, 0.15) is 11.4 Å². The standard InChI is InChI=1S/C31H28Cl2F3N3O3/c1-31(30(42)37-18-5-2-4-17(32)12-18)26(20-6-3-7-21(33)27(20)36)25-24(39(31)15-16-8-9-16)10-11-38(29(25)41)19-13-22(34)28(40)23(35)14-19/h2-7,12-14,16,24-26,40H,8-11,15H2,1H3,(H,37,42)/t24-,25+,26-,31+/m0/s1. The van der Waals surface area contributed by atoms with Gasteiger partial charge >= 0.3 is 0 Å². The maximum absolute atomic E-state index is 15.8. The van der Waals surface area contributed by atoms with Crippen LogP contribution >= 0.6 is 23.2 Å². The number of hydrogen-bond donors (Lipinski definition) is 2. The predicted molar refractivity (Wildman–Crippen MR) is 154 cm³/mol. The SMILES string of the molecule is C[C@]1(C(=O)Nc2cccc(Cl)c2)[C@@H](c2cccc(Cl)c2F)[C@@H]2C(=O)N(c3cc(F)c(O)c(F)c3)CC[C@@H]2N1CC1CC1. The van der Waals surface area contributed by atoms with Gasteiger partial charge in [0.05, 0.1) is 10.9 Å². The number of phenolic OH excluding ortho intramolecular Hbond substituents is 1. The third-order valence-electron chi connectivity index (χ3n) is 8.90. The molecule has 11 heteroatoms. The second-order valence-corrected chi connectivity index (χ2v) is 12.3. The Hall–Kier alpha value is -3.27. The normalized spacial score (nSPS) is 25.9. The third kappa shape index (κ3) is 4.81. The predicted octanol–water partition coefficient (Wildman–Crippen LogP) is 6.74. The van der Waals surface area contributed by atoms with Gasteiger partial charge in [0.25, 0.3) is 0 Å². The van der Waals surface area contributed by atoms with E-state index in [1.165, 1.54) is 17.0 Å². The second kappa shape index (κ2) is 10.8. The molecule has 2 aliphatic heterocycles. The number of phenols is 1.